The zero-order valence-corrected chi connectivity index (χ0v) is 21.6. The monoisotopic (exact) mass is 563 g/mol. The van der Waals surface area contributed by atoms with Crippen LogP contribution in [0.1, 0.15) is 27.4 Å². The average molecular weight is 564 g/mol. The molecule has 0 fully saturated rings. The van der Waals surface area contributed by atoms with Crippen LogP contribution in [0.5, 0.6) is 5.75 Å². The molecule has 2 aromatic carbocycles. The van der Waals surface area contributed by atoms with Crippen LogP contribution in [-0.2, 0) is 22.6 Å². The summed E-state index contributed by atoms with van der Waals surface area (Å²) >= 11 is 0. The molecule has 13 heteroatoms. The molecule has 0 aliphatic heterocycles. The molecular weight excluding hydrogens is 542 g/mol. The van der Waals surface area contributed by atoms with Crippen LogP contribution < -0.4 is 9.64 Å². The van der Waals surface area contributed by atoms with Gasteiger partial charge in [0.2, 0.25) is 0 Å². The predicted molar refractivity (Wildman–Crippen MR) is 132 cm³/mol. The second kappa shape index (κ2) is 10.5. The van der Waals surface area contributed by atoms with Crippen molar-refractivity contribution in [2.24, 2.45) is 0 Å². The highest BCUT2D eigenvalue weighted by atomic mass is 32.2. The molecule has 0 saturated carbocycles. The van der Waals surface area contributed by atoms with E-state index in [1.54, 1.807) is 6.92 Å². The van der Waals surface area contributed by atoms with Crippen LogP contribution in [-0.4, -0.2) is 37.8 Å². The van der Waals surface area contributed by atoms with E-state index in [4.69, 9.17) is 9.26 Å². The molecule has 204 valence electrons. The number of alkyl halides is 3. The number of carbonyl (C=O) groups excluding carboxylic acids is 1. The average Bonchev–Trinajstić information content (AvgIpc) is 3.30. The minimum Gasteiger partial charge on any atom is -0.496 e. The van der Waals surface area contributed by atoms with Crippen LogP contribution in [0.2, 0.25) is 0 Å². The summed E-state index contributed by atoms with van der Waals surface area (Å²) in [7, 11) is -2.79. The first-order valence-corrected chi connectivity index (χ1v) is 13.1. The number of halogens is 4. The van der Waals surface area contributed by atoms with Crippen LogP contribution >= 0.6 is 0 Å². The maximum atomic E-state index is 13.9. The Morgan fingerprint density at radius 3 is 2.44 bits per heavy atom. The summed E-state index contributed by atoms with van der Waals surface area (Å²) in [6.07, 6.45) is -1.47. The Kier molecular flexibility index (Phi) is 7.46. The molecule has 0 atom stereocenters. The highest BCUT2D eigenvalue weighted by Gasteiger charge is 2.34. The lowest BCUT2D eigenvalue weighted by atomic mass is 10.0. The Bertz CT molecular complexity index is 1650. The lowest BCUT2D eigenvalue weighted by Crippen LogP contribution is -2.31. The Labute approximate surface area is 220 Å². The van der Waals surface area contributed by atoms with E-state index in [1.807, 2.05) is 0 Å². The summed E-state index contributed by atoms with van der Waals surface area (Å²) in [5, 5.41) is 3.88. The van der Waals surface area contributed by atoms with Gasteiger partial charge in [0, 0.05) is 41.3 Å². The van der Waals surface area contributed by atoms with E-state index in [1.165, 1.54) is 43.8 Å². The third-order valence-electron chi connectivity index (χ3n) is 5.70. The van der Waals surface area contributed by atoms with Gasteiger partial charge in [-0.1, -0.05) is 5.16 Å². The minimum atomic E-state index is -4.93. The van der Waals surface area contributed by atoms with Crippen LogP contribution in [0.25, 0.3) is 11.1 Å². The number of pyridine rings is 1. The van der Waals surface area contributed by atoms with Gasteiger partial charge in [-0.15, -0.1) is 0 Å². The Hall–Kier alpha value is -4.26. The van der Waals surface area contributed by atoms with Crippen molar-refractivity contribution in [2.75, 3.05) is 18.3 Å². The topological polar surface area (TPSA) is 103 Å². The van der Waals surface area contributed by atoms with Crippen molar-refractivity contribution in [3.63, 3.8) is 0 Å². The third-order valence-corrected chi connectivity index (χ3v) is 6.79. The van der Waals surface area contributed by atoms with E-state index in [-0.39, 0.29) is 23.7 Å². The van der Waals surface area contributed by atoms with Gasteiger partial charge in [0.25, 0.3) is 5.91 Å². The largest absolute Gasteiger partial charge is 0.496 e. The normalized spacial score (nSPS) is 11.9. The number of aromatic nitrogens is 2. The van der Waals surface area contributed by atoms with E-state index in [0.717, 1.165) is 23.3 Å². The summed E-state index contributed by atoms with van der Waals surface area (Å²) in [6, 6.07) is 8.71. The molecule has 0 spiro atoms. The number of carbonyl (C=O) groups is 1. The highest BCUT2D eigenvalue weighted by Crippen LogP contribution is 2.38. The predicted octanol–water partition coefficient (Wildman–Crippen LogP) is 5.46. The van der Waals surface area contributed by atoms with E-state index >= 15 is 0 Å². The van der Waals surface area contributed by atoms with Crippen LogP contribution in [0.4, 0.5) is 23.2 Å². The maximum absolute atomic E-state index is 13.9. The Balaban J connectivity index is 1.94. The molecule has 0 bridgehead atoms. The number of ether oxygens (including phenoxy) is 1. The molecule has 0 N–H and O–H groups in total. The van der Waals surface area contributed by atoms with Gasteiger partial charge in [-0.3, -0.25) is 9.78 Å². The minimum absolute atomic E-state index is 0.117. The first-order valence-electron chi connectivity index (χ1n) is 11.2. The molecule has 0 aliphatic carbocycles. The molecule has 4 aromatic rings. The highest BCUT2D eigenvalue weighted by molar-refractivity contribution is 7.90. The van der Waals surface area contributed by atoms with Crippen molar-refractivity contribution in [1.29, 1.82) is 0 Å². The fourth-order valence-corrected chi connectivity index (χ4v) is 4.58. The van der Waals surface area contributed by atoms with Crippen molar-refractivity contribution in [2.45, 2.75) is 24.5 Å². The van der Waals surface area contributed by atoms with E-state index in [0.29, 0.717) is 29.0 Å². The van der Waals surface area contributed by atoms with Crippen molar-refractivity contribution in [3.8, 4) is 16.9 Å². The number of benzene rings is 2. The number of hydrogen-bond donors (Lipinski definition) is 0. The fourth-order valence-electron chi connectivity index (χ4n) is 3.89. The summed E-state index contributed by atoms with van der Waals surface area (Å²) in [6.45, 7) is 1.34. The molecule has 0 aliphatic rings. The molecule has 1 amide bonds. The van der Waals surface area contributed by atoms with Crippen LogP contribution in [0, 0.1) is 12.7 Å². The quantitative estimate of drug-likeness (QED) is 0.275. The summed E-state index contributed by atoms with van der Waals surface area (Å²) in [5.74, 6) is -0.996. The van der Waals surface area contributed by atoms with Crippen LogP contribution in [0.15, 0.2) is 70.3 Å². The summed E-state index contributed by atoms with van der Waals surface area (Å²) in [5.41, 5.74) is -0.760. The smallest absolute Gasteiger partial charge is 0.416 e. The molecule has 39 heavy (non-hydrogen) atoms. The van der Waals surface area contributed by atoms with Crippen molar-refractivity contribution in [3.05, 3.63) is 89.3 Å². The Morgan fingerprint density at radius 2 is 1.82 bits per heavy atom. The first kappa shape index (κ1) is 27.8. The van der Waals surface area contributed by atoms with Gasteiger partial charge < -0.3 is 14.2 Å². The van der Waals surface area contributed by atoms with Gasteiger partial charge in [-0.05, 0) is 43.3 Å². The first-order chi connectivity index (χ1) is 18.3. The SMILES string of the molecule is COc1cc(F)ccc1-c1ccncc1N(Cc1cc(C)on1)C(=O)c1cc(C(F)(F)F)cc(S(C)(=O)=O)c1. The summed E-state index contributed by atoms with van der Waals surface area (Å²) in [4.78, 5) is 18.4. The third kappa shape index (κ3) is 6.08. The van der Waals surface area contributed by atoms with Crippen molar-refractivity contribution >= 4 is 21.4 Å². The van der Waals surface area contributed by atoms with E-state index in [9.17, 15) is 30.8 Å². The second-order valence-electron chi connectivity index (χ2n) is 8.57. The Morgan fingerprint density at radius 1 is 1.08 bits per heavy atom. The van der Waals surface area contributed by atoms with Crippen LogP contribution in [0.3, 0.4) is 0 Å². The molecular formula is C26H21F4N3O5S. The van der Waals surface area contributed by atoms with Gasteiger partial charge in [-0.2, -0.15) is 13.2 Å². The second-order valence-corrected chi connectivity index (χ2v) is 10.6. The molecule has 2 heterocycles. The van der Waals surface area contributed by atoms with Gasteiger partial charge in [0.1, 0.15) is 23.0 Å². The lowest BCUT2D eigenvalue weighted by molar-refractivity contribution is -0.137. The zero-order valence-electron chi connectivity index (χ0n) is 20.8. The van der Waals surface area contributed by atoms with Crippen molar-refractivity contribution < 1.29 is 40.0 Å². The van der Waals surface area contributed by atoms with E-state index < -0.39 is 43.8 Å². The molecule has 8 nitrogen and oxygen atoms in total. The van der Waals surface area contributed by atoms with Gasteiger partial charge in [-0.25, -0.2) is 12.8 Å². The standard InChI is InChI=1S/C26H21F4N3O5S/c1-15-8-19(32-38-15)14-33(23-13-31-7-6-21(23)22-5-4-18(27)12-24(22)37-2)25(34)16-9-17(26(28,29)30)11-20(10-16)39(3,35)36/h4-13H,14H2,1-3H3. The fraction of sp³-hybridized carbons (Fsp3) is 0.192. The molecule has 0 unspecified atom stereocenters. The van der Waals surface area contributed by atoms with Gasteiger partial charge in [0.05, 0.1) is 36.0 Å². The molecule has 0 radical (unpaired) electrons. The number of rotatable bonds is 7. The van der Waals surface area contributed by atoms with Crippen molar-refractivity contribution in [1.82, 2.24) is 10.1 Å². The number of nitrogens with zero attached hydrogens (tertiary/aromatic N) is 3. The zero-order chi connectivity index (χ0) is 28.5. The maximum Gasteiger partial charge on any atom is 0.416 e. The molecule has 4 rings (SSSR count). The number of hydrogen-bond acceptors (Lipinski definition) is 7. The van der Waals surface area contributed by atoms with Gasteiger partial charge in [0.15, 0.2) is 9.84 Å². The number of amides is 1. The van der Waals surface area contributed by atoms with E-state index in [2.05, 4.69) is 10.1 Å². The molecule has 2 aromatic heterocycles. The number of methoxy groups -OCH3 is 1. The lowest BCUT2D eigenvalue weighted by Gasteiger charge is -2.25. The number of anilines is 1. The van der Waals surface area contributed by atoms with Gasteiger partial charge >= 0.3 is 6.18 Å². The number of aryl methyl sites for hydroxylation is 1. The molecule has 0 saturated heterocycles. The number of sulfone groups is 1. The summed E-state index contributed by atoms with van der Waals surface area (Å²) < 4.78 is 89.7.